The van der Waals surface area contributed by atoms with Gasteiger partial charge in [0.2, 0.25) is 5.76 Å². The number of hydrogen-bond donors (Lipinski definition) is 1. The van der Waals surface area contributed by atoms with E-state index in [1.54, 1.807) is 6.07 Å². The summed E-state index contributed by atoms with van der Waals surface area (Å²) in [6.07, 6.45) is 1.50. The molecule has 0 saturated carbocycles. The van der Waals surface area contributed by atoms with Crippen molar-refractivity contribution in [3.05, 3.63) is 23.2 Å². The van der Waals surface area contributed by atoms with E-state index in [0.717, 1.165) is 43.8 Å². The second-order valence-corrected chi connectivity index (χ2v) is 5.43. The summed E-state index contributed by atoms with van der Waals surface area (Å²) in [6.45, 7) is 6.47. The summed E-state index contributed by atoms with van der Waals surface area (Å²) in [5.74, 6) is 1.01. The largest absolute Gasteiger partial charge is 0.463 e. The Kier molecular flexibility index (Phi) is 4.83. The molecule has 1 N–H and O–H groups in total. The van der Waals surface area contributed by atoms with E-state index in [9.17, 15) is 9.90 Å². The molecule has 0 bridgehead atoms. The summed E-state index contributed by atoms with van der Waals surface area (Å²) >= 11 is 0. The van der Waals surface area contributed by atoms with Crippen molar-refractivity contribution in [3.63, 3.8) is 0 Å². The first-order valence-corrected chi connectivity index (χ1v) is 7.15. The number of ether oxygens (including phenoxy) is 1. The van der Waals surface area contributed by atoms with Gasteiger partial charge in [-0.2, -0.15) is 0 Å². The maximum Gasteiger partial charge on any atom is 0.373 e. The molecule has 0 aromatic carbocycles. The molecule has 5 heteroatoms. The Balaban J connectivity index is 2.06. The molecule has 2 rings (SSSR count). The van der Waals surface area contributed by atoms with Crippen LogP contribution in [0, 0.1) is 5.92 Å². The third kappa shape index (κ3) is 3.22. The third-order valence-corrected chi connectivity index (χ3v) is 3.99. The number of aliphatic hydroxyl groups excluding tert-OH is 1. The number of hydrogen-bond acceptors (Lipinski definition) is 5. The molecule has 2 atom stereocenters. The highest BCUT2D eigenvalue weighted by Gasteiger charge is 2.27. The Morgan fingerprint density at radius 3 is 2.95 bits per heavy atom. The Hall–Kier alpha value is -1.33. The van der Waals surface area contributed by atoms with E-state index in [2.05, 4.69) is 9.64 Å². The van der Waals surface area contributed by atoms with Crippen LogP contribution in [0.2, 0.25) is 0 Å². The monoisotopic (exact) mass is 281 g/mol. The molecule has 0 aliphatic carbocycles. The van der Waals surface area contributed by atoms with Gasteiger partial charge in [-0.1, -0.05) is 6.92 Å². The van der Waals surface area contributed by atoms with Gasteiger partial charge in [-0.3, -0.25) is 4.90 Å². The predicted molar refractivity (Wildman–Crippen MR) is 74.5 cm³/mol. The van der Waals surface area contributed by atoms with Crippen LogP contribution in [0.1, 0.15) is 42.1 Å². The van der Waals surface area contributed by atoms with Crippen LogP contribution < -0.4 is 0 Å². The van der Waals surface area contributed by atoms with Crippen LogP contribution in [0.5, 0.6) is 0 Å². The van der Waals surface area contributed by atoms with Gasteiger partial charge in [0, 0.05) is 25.1 Å². The quantitative estimate of drug-likeness (QED) is 0.834. The number of rotatable bonds is 5. The molecule has 0 radical (unpaired) electrons. The first-order valence-electron chi connectivity index (χ1n) is 7.15. The molecule has 2 unspecified atom stereocenters. The first-order chi connectivity index (χ1) is 9.55. The van der Waals surface area contributed by atoms with E-state index in [1.807, 2.05) is 13.8 Å². The molecule has 1 aromatic heterocycles. The van der Waals surface area contributed by atoms with Crippen LogP contribution in [0.3, 0.4) is 0 Å². The molecule has 1 fully saturated rings. The van der Waals surface area contributed by atoms with Crippen molar-refractivity contribution in [1.82, 2.24) is 4.90 Å². The number of aryl methyl sites for hydroxylation is 1. The molecule has 1 aromatic rings. The smallest absolute Gasteiger partial charge is 0.373 e. The molecule has 1 aliphatic rings. The summed E-state index contributed by atoms with van der Waals surface area (Å²) < 4.78 is 10.2. The molecule has 0 amide bonds. The van der Waals surface area contributed by atoms with Crippen molar-refractivity contribution in [1.29, 1.82) is 0 Å². The lowest BCUT2D eigenvalue weighted by atomic mass is 10.0. The Morgan fingerprint density at radius 1 is 1.65 bits per heavy atom. The van der Waals surface area contributed by atoms with Crippen molar-refractivity contribution in [2.24, 2.45) is 5.92 Å². The lowest BCUT2D eigenvalue weighted by Crippen LogP contribution is -2.24. The van der Waals surface area contributed by atoms with Crippen molar-refractivity contribution in [3.8, 4) is 0 Å². The first kappa shape index (κ1) is 15.1. The second kappa shape index (κ2) is 6.41. The average Bonchev–Trinajstić information content (AvgIpc) is 3.05. The highest BCUT2D eigenvalue weighted by Crippen LogP contribution is 2.24. The normalized spacial score (nSPS) is 21.1. The van der Waals surface area contributed by atoms with Crippen LogP contribution in [-0.2, 0) is 17.7 Å². The predicted octanol–water partition coefficient (Wildman–Crippen LogP) is 1.83. The minimum Gasteiger partial charge on any atom is -0.463 e. The standard InChI is InChI=1S/C15H23NO4/c1-4-13-12(7-14(20-13)15(18)19-3)9-16-6-5-11(8-16)10(2)17/h7,10-11,17H,4-6,8-9H2,1-3H3. The van der Waals surface area contributed by atoms with Gasteiger partial charge in [-0.15, -0.1) is 0 Å². The van der Waals surface area contributed by atoms with Crippen LogP contribution >= 0.6 is 0 Å². The Labute approximate surface area is 119 Å². The Bertz CT molecular complexity index is 466. The topological polar surface area (TPSA) is 62.9 Å². The molecule has 1 aliphatic heterocycles. The zero-order valence-electron chi connectivity index (χ0n) is 12.4. The van der Waals surface area contributed by atoms with Crippen molar-refractivity contribution < 1.29 is 19.1 Å². The summed E-state index contributed by atoms with van der Waals surface area (Å²) in [6, 6.07) is 1.78. The maximum absolute atomic E-state index is 11.5. The van der Waals surface area contributed by atoms with E-state index in [0.29, 0.717) is 5.92 Å². The fraction of sp³-hybridized carbons (Fsp3) is 0.667. The number of furan rings is 1. The van der Waals surface area contributed by atoms with Gasteiger partial charge in [-0.25, -0.2) is 4.79 Å². The second-order valence-electron chi connectivity index (χ2n) is 5.43. The highest BCUT2D eigenvalue weighted by atomic mass is 16.5. The molecule has 1 saturated heterocycles. The van der Waals surface area contributed by atoms with Gasteiger partial charge >= 0.3 is 5.97 Å². The number of aliphatic hydroxyl groups is 1. The summed E-state index contributed by atoms with van der Waals surface area (Å²) in [7, 11) is 1.35. The SMILES string of the molecule is CCc1oc(C(=O)OC)cc1CN1CCC(C(C)O)C1. The minimum absolute atomic E-state index is 0.263. The maximum atomic E-state index is 11.5. The highest BCUT2D eigenvalue weighted by molar-refractivity contribution is 5.86. The van der Waals surface area contributed by atoms with Gasteiger partial charge in [0.1, 0.15) is 5.76 Å². The molecule has 0 spiro atoms. The van der Waals surface area contributed by atoms with E-state index >= 15 is 0 Å². The number of esters is 1. The fourth-order valence-electron chi connectivity index (χ4n) is 2.74. The number of nitrogens with zero attached hydrogens (tertiary/aromatic N) is 1. The molecule has 20 heavy (non-hydrogen) atoms. The number of likely N-dealkylation sites (tertiary alicyclic amines) is 1. The van der Waals surface area contributed by atoms with Crippen molar-refractivity contribution in [2.45, 2.75) is 39.3 Å². The van der Waals surface area contributed by atoms with Crippen LogP contribution in [0.4, 0.5) is 0 Å². The van der Waals surface area contributed by atoms with Crippen LogP contribution in [0.25, 0.3) is 0 Å². The number of carbonyl (C=O) groups is 1. The lowest BCUT2D eigenvalue weighted by molar-refractivity contribution is 0.0563. The molecule has 5 nitrogen and oxygen atoms in total. The van der Waals surface area contributed by atoms with Crippen molar-refractivity contribution >= 4 is 5.97 Å². The summed E-state index contributed by atoms with van der Waals surface area (Å²) in [5.41, 5.74) is 1.04. The van der Waals surface area contributed by atoms with Gasteiger partial charge in [0.15, 0.2) is 0 Å². The summed E-state index contributed by atoms with van der Waals surface area (Å²) in [5, 5.41) is 9.64. The zero-order valence-corrected chi connectivity index (χ0v) is 12.4. The molecular weight excluding hydrogens is 258 g/mol. The van der Waals surface area contributed by atoms with Gasteiger partial charge in [-0.05, 0) is 31.9 Å². The van der Waals surface area contributed by atoms with E-state index in [-0.39, 0.29) is 11.9 Å². The van der Waals surface area contributed by atoms with E-state index in [1.165, 1.54) is 7.11 Å². The van der Waals surface area contributed by atoms with Crippen molar-refractivity contribution in [2.75, 3.05) is 20.2 Å². The third-order valence-electron chi connectivity index (χ3n) is 3.99. The van der Waals surface area contributed by atoms with Crippen LogP contribution in [0.15, 0.2) is 10.5 Å². The fourth-order valence-corrected chi connectivity index (χ4v) is 2.74. The molecule has 2 heterocycles. The Morgan fingerprint density at radius 2 is 2.40 bits per heavy atom. The van der Waals surface area contributed by atoms with E-state index in [4.69, 9.17) is 4.42 Å². The van der Waals surface area contributed by atoms with Gasteiger partial charge in [0.25, 0.3) is 0 Å². The average molecular weight is 281 g/mol. The molecule has 112 valence electrons. The zero-order chi connectivity index (χ0) is 14.7. The minimum atomic E-state index is -0.436. The van der Waals surface area contributed by atoms with Crippen LogP contribution in [-0.4, -0.2) is 42.3 Å². The lowest BCUT2D eigenvalue weighted by Gasteiger charge is -2.17. The molecular formula is C15H23NO4. The van der Waals surface area contributed by atoms with Gasteiger partial charge < -0.3 is 14.3 Å². The number of carbonyl (C=O) groups excluding carboxylic acids is 1. The van der Waals surface area contributed by atoms with E-state index < -0.39 is 5.97 Å². The summed E-state index contributed by atoms with van der Waals surface area (Å²) in [4.78, 5) is 13.8. The number of methoxy groups -OCH3 is 1. The van der Waals surface area contributed by atoms with Gasteiger partial charge in [0.05, 0.1) is 13.2 Å².